The normalized spacial score (nSPS) is 57.5. The van der Waals surface area contributed by atoms with Crippen molar-refractivity contribution in [1.82, 2.24) is 0 Å². The Bertz CT molecular complexity index is 1320. The largest absolute Gasteiger partial charge is 0.396 e. The van der Waals surface area contributed by atoms with E-state index in [9.17, 15) is 35.7 Å². The lowest BCUT2D eigenvalue weighted by Gasteiger charge is -2.58. The van der Waals surface area contributed by atoms with Gasteiger partial charge in [0.25, 0.3) is 0 Å². The van der Waals surface area contributed by atoms with Crippen molar-refractivity contribution in [1.29, 1.82) is 0 Å². The van der Waals surface area contributed by atoms with Crippen molar-refractivity contribution in [2.45, 2.75) is 165 Å². The predicted octanol–water partition coefficient (Wildman–Crippen LogP) is 1.36. The highest BCUT2D eigenvalue weighted by atomic mass is 16.8. The van der Waals surface area contributed by atoms with Gasteiger partial charge in [-0.3, -0.25) is 0 Å². The van der Waals surface area contributed by atoms with Crippen LogP contribution in [-0.2, 0) is 28.4 Å². The molecule has 21 atom stereocenters. The van der Waals surface area contributed by atoms with Gasteiger partial charge in [-0.1, -0.05) is 32.4 Å². The molecule has 4 heterocycles. The monoisotopic (exact) mass is 738 g/mol. The molecular formula is C39H62O13. The van der Waals surface area contributed by atoms with Crippen LogP contribution in [0.3, 0.4) is 0 Å². The molecule has 8 rings (SSSR count). The molecule has 3 saturated carbocycles. The molecule has 21 unspecified atom stereocenters. The van der Waals surface area contributed by atoms with Crippen molar-refractivity contribution in [3.63, 3.8) is 0 Å². The Hall–Kier alpha value is -0.780. The van der Waals surface area contributed by atoms with Gasteiger partial charge < -0.3 is 64.2 Å². The molecule has 0 aromatic heterocycles. The van der Waals surface area contributed by atoms with Crippen LogP contribution in [-0.4, -0.2) is 135 Å². The van der Waals surface area contributed by atoms with Crippen LogP contribution >= 0.6 is 0 Å². The van der Waals surface area contributed by atoms with Gasteiger partial charge in [0.2, 0.25) is 0 Å². The van der Waals surface area contributed by atoms with Crippen molar-refractivity contribution in [3.05, 3.63) is 11.6 Å². The van der Waals surface area contributed by atoms with E-state index in [1.54, 1.807) is 0 Å². The molecule has 0 bridgehead atoms. The minimum Gasteiger partial charge on any atom is -0.396 e. The molecule has 7 N–H and O–H groups in total. The Kier molecular flexibility index (Phi) is 10.3. The van der Waals surface area contributed by atoms with Crippen molar-refractivity contribution in [3.8, 4) is 0 Å². The molecule has 52 heavy (non-hydrogen) atoms. The zero-order valence-corrected chi connectivity index (χ0v) is 31.0. The molecule has 296 valence electrons. The molecule has 0 aromatic rings. The molecule has 4 saturated heterocycles. The van der Waals surface area contributed by atoms with E-state index in [2.05, 4.69) is 26.8 Å². The zero-order chi connectivity index (χ0) is 36.9. The predicted molar refractivity (Wildman–Crippen MR) is 183 cm³/mol. The maximum absolute atomic E-state index is 11.1. The third-order valence-corrected chi connectivity index (χ3v) is 15.7. The van der Waals surface area contributed by atoms with E-state index in [1.807, 2.05) is 0 Å². The number of hydrogen-bond acceptors (Lipinski definition) is 13. The fourth-order valence-corrected chi connectivity index (χ4v) is 12.6. The van der Waals surface area contributed by atoms with E-state index in [0.717, 1.165) is 38.5 Å². The fourth-order valence-electron chi connectivity index (χ4n) is 12.6. The molecular weight excluding hydrogens is 676 g/mol. The quantitative estimate of drug-likeness (QED) is 0.193. The Balaban J connectivity index is 0.958. The van der Waals surface area contributed by atoms with Gasteiger partial charge in [0.1, 0.15) is 42.7 Å². The van der Waals surface area contributed by atoms with Crippen molar-refractivity contribution >= 4 is 0 Å². The first kappa shape index (κ1) is 38.1. The van der Waals surface area contributed by atoms with Gasteiger partial charge in [0.05, 0.1) is 31.5 Å². The number of rotatable bonds is 6. The number of allylic oxidation sites excluding steroid dienone is 1. The molecule has 7 fully saturated rings. The summed E-state index contributed by atoms with van der Waals surface area (Å²) >= 11 is 0. The van der Waals surface area contributed by atoms with Crippen molar-refractivity contribution < 1.29 is 64.2 Å². The number of fused-ring (bicyclic) bond motifs is 7. The molecule has 1 spiro atoms. The smallest absolute Gasteiger partial charge is 0.187 e. The van der Waals surface area contributed by atoms with Crippen LogP contribution in [0.5, 0.6) is 0 Å². The second-order valence-corrected chi connectivity index (χ2v) is 18.2. The van der Waals surface area contributed by atoms with Gasteiger partial charge >= 0.3 is 0 Å². The lowest BCUT2D eigenvalue weighted by molar-refractivity contribution is -0.369. The Morgan fingerprint density at radius 2 is 1.60 bits per heavy atom. The van der Waals surface area contributed by atoms with Crippen molar-refractivity contribution in [2.75, 3.05) is 19.8 Å². The number of hydrogen-bond donors (Lipinski definition) is 7. The van der Waals surface area contributed by atoms with Gasteiger partial charge in [-0.15, -0.1) is 0 Å². The van der Waals surface area contributed by atoms with Crippen LogP contribution in [0.2, 0.25) is 0 Å². The number of aliphatic hydroxyl groups is 7. The molecule has 8 aliphatic rings. The summed E-state index contributed by atoms with van der Waals surface area (Å²) in [6, 6.07) is 0. The Labute approximate surface area is 306 Å². The maximum Gasteiger partial charge on any atom is 0.187 e. The molecule has 0 radical (unpaired) electrons. The van der Waals surface area contributed by atoms with Gasteiger partial charge in [0.15, 0.2) is 18.4 Å². The highest BCUT2D eigenvalue weighted by Gasteiger charge is 2.69. The van der Waals surface area contributed by atoms with E-state index in [1.165, 1.54) is 25.3 Å². The minimum atomic E-state index is -1.62. The van der Waals surface area contributed by atoms with E-state index in [-0.39, 0.29) is 35.6 Å². The van der Waals surface area contributed by atoms with Crippen LogP contribution in [0.15, 0.2) is 11.6 Å². The molecule has 0 amide bonds. The summed E-state index contributed by atoms with van der Waals surface area (Å²) < 4.78 is 37.5. The minimum absolute atomic E-state index is 0.0289. The zero-order valence-electron chi connectivity index (χ0n) is 31.0. The molecule has 4 aliphatic heterocycles. The van der Waals surface area contributed by atoms with Crippen LogP contribution < -0.4 is 0 Å². The van der Waals surface area contributed by atoms with Gasteiger partial charge in [-0.2, -0.15) is 0 Å². The third kappa shape index (κ3) is 5.90. The van der Waals surface area contributed by atoms with Gasteiger partial charge in [-0.05, 0) is 92.8 Å². The summed E-state index contributed by atoms with van der Waals surface area (Å²) in [5.41, 5.74) is 1.60. The second-order valence-electron chi connectivity index (χ2n) is 18.2. The Morgan fingerprint density at radius 3 is 2.31 bits per heavy atom. The summed E-state index contributed by atoms with van der Waals surface area (Å²) in [5.74, 6) is 2.17. The summed E-state index contributed by atoms with van der Waals surface area (Å²) in [5, 5.41) is 72.6. The number of ether oxygens (including phenoxy) is 6. The van der Waals surface area contributed by atoms with E-state index >= 15 is 0 Å². The molecule has 13 heteroatoms. The van der Waals surface area contributed by atoms with Crippen LogP contribution in [0.25, 0.3) is 0 Å². The van der Waals surface area contributed by atoms with Gasteiger partial charge in [-0.25, -0.2) is 0 Å². The fraction of sp³-hybridized carbons (Fsp3) is 0.949. The van der Waals surface area contributed by atoms with E-state index in [4.69, 9.17) is 28.4 Å². The number of aliphatic hydroxyl groups excluding tert-OH is 7. The SMILES string of the molecule is CC1OC(OC2C(OC3CCC4(C)C(=CCC5C4CCC4(C)C5CC5OC6(CCC(CO)CO6)C(C)C54)C3)OC(CO)C(O)C2O)C(O)C(O)C1O. The summed E-state index contributed by atoms with van der Waals surface area (Å²) in [6.07, 6.45) is -2.45. The summed E-state index contributed by atoms with van der Waals surface area (Å²) in [6.45, 7) is 9.02. The standard InChI is InChI=1S/C39H62O13/c1-18-28-26(52-39(18)12-7-20(15-40)17-47-39)14-25-23-6-5-21-13-22(8-10-37(21,3)24(23)9-11-38(25,28)4)49-36-34(32(45)30(43)27(16-41)50-36)51-35-33(46)31(44)29(42)19(2)48-35/h5,18-20,22-36,40-46H,6-17H2,1-4H3. The first-order valence-electron chi connectivity index (χ1n) is 20.0. The van der Waals surface area contributed by atoms with E-state index in [0.29, 0.717) is 42.6 Å². The molecule has 4 aliphatic carbocycles. The van der Waals surface area contributed by atoms with E-state index < -0.39 is 73.8 Å². The summed E-state index contributed by atoms with van der Waals surface area (Å²) in [7, 11) is 0. The lowest BCUT2D eigenvalue weighted by atomic mass is 9.47. The Morgan fingerprint density at radius 1 is 0.808 bits per heavy atom. The highest BCUT2D eigenvalue weighted by Crippen LogP contribution is 2.70. The average Bonchev–Trinajstić information content (AvgIpc) is 3.58. The van der Waals surface area contributed by atoms with Crippen LogP contribution in [0.4, 0.5) is 0 Å². The van der Waals surface area contributed by atoms with Crippen LogP contribution in [0, 0.1) is 46.3 Å². The first-order valence-corrected chi connectivity index (χ1v) is 20.0. The second kappa shape index (κ2) is 14.0. The highest BCUT2D eigenvalue weighted by molar-refractivity contribution is 5.26. The third-order valence-electron chi connectivity index (χ3n) is 15.7. The molecule has 13 nitrogen and oxygen atoms in total. The van der Waals surface area contributed by atoms with Crippen molar-refractivity contribution in [2.24, 2.45) is 46.3 Å². The van der Waals surface area contributed by atoms with Gasteiger partial charge in [0, 0.05) is 24.9 Å². The lowest BCUT2D eigenvalue weighted by Crippen LogP contribution is -2.64. The van der Waals surface area contributed by atoms with Crippen LogP contribution in [0.1, 0.15) is 85.5 Å². The first-order chi connectivity index (χ1) is 24.7. The maximum atomic E-state index is 11.1. The average molecular weight is 739 g/mol. The summed E-state index contributed by atoms with van der Waals surface area (Å²) in [4.78, 5) is 0. The molecule has 0 aromatic carbocycles. The topological polar surface area (TPSA) is 197 Å².